The molecule has 0 unspecified atom stereocenters. The van der Waals surface area contributed by atoms with Crippen LogP contribution in [-0.2, 0) is 21.2 Å². The van der Waals surface area contributed by atoms with Gasteiger partial charge >= 0.3 is 0 Å². The lowest BCUT2D eigenvalue weighted by molar-refractivity contribution is -0.112. The summed E-state index contributed by atoms with van der Waals surface area (Å²) in [6.45, 7) is 1.53. The first-order valence-corrected chi connectivity index (χ1v) is 11.7. The summed E-state index contributed by atoms with van der Waals surface area (Å²) in [5.41, 5.74) is 0.771. The smallest absolute Gasteiger partial charge is 0.268 e. The van der Waals surface area contributed by atoms with E-state index in [1.165, 1.54) is 19.1 Å². The molecule has 0 aliphatic heterocycles. The molecule has 0 saturated carbocycles. The van der Waals surface area contributed by atoms with E-state index in [1.807, 2.05) is 0 Å². The molecule has 1 amide bonds. The number of rotatable bonds is 8. The molecular formula is C21H17FN4O4S2. The van der Waals surface area contributed by atoms with Crippen molar-refractivity contribution >= 4 is 38.3 Å². The predicted octanol–water partition coefficient (Wildman–Crippen LogP) is 3.60. The molecule has 32 heavy (non-hydrogen) atoms. The van der Waals surface area contributed by atoms with E-state index in [0.717, 1.165) is 0 Å². The van der Waals surface area contributed by atoms with Crippen LogP contribution in [0.2, 0.25) is 0 Å². The quantitative estimate of drug-likeness (QED) is 0.302. The number of carbonyl (C=O) groups excluding carboxylic acids is 1. The number of hydrogen-bond donors (Lipinski definition) is 1. The number of anilines is 1. The van der Waals surface area contributed by atoms with E-state index >= 15 is 0 Å². The van der Waals surface area contributed by atoms with Crippen molar-refractivity contribution in [3.05, 3.63) is 71.0 Å². The van der Waals surface area contributed by atoms with Gasteiger partial charge in [-0.1, -0.05) is 48.6 Å². The average Bonchev–Trinajstić information content (AvgIpc) is 3.27. The number of sulfone groups is 1. The fourth-order valence-corrected chi connectivity index (χ4v) is 4.41. The summed E-state index contributed by atoms with van der Waals surface area (Å²) < 4.78 is 42.6. The topological polar surface area (TPSA) is 122 Å². The number of halogens is 1. The molecule has 2 aromatic carbocycles. The Morgan fingerprint density at radius 2 is 1.94 bits per heavy atom. The van der Waals surface area contributed by atoms with Crippen LogP contribution in [-0.4, -0.2) is 30.3 Å². The largest absolute Gasteiger partial charge is 0.489 e. The number of benzene rings is 2. The van der Waals surface area contributed by atoms with Gasteiger partial charge in [-0.15, -0.1) is 10.2 Å². The summed E-state index contributed by atoms with van der Waals surface area (Å²) in [6.07, 6.45) is 1.36. The fraction of sp³-hybridized carbons (Fsp3) is 0.143. The van der Waals surface area contributed by atoms with E-state index in [0.29, 0.717) is 28.2 Å². The lowest BCUT2D eigenvalue weighted by Crippen LogP contribution is -2.13. The minimum atomic E-state index is -3.54. The first-order chi connectivity index (χ1) is 15.3. The molecule has 1 aromatic heterocycles. The Balaban J connectivity index is 1.66. The van der Waals surface area contributed by atoms with Gasteiger partial charge in [-0.05, 0) is 29.8 Å². The van der Waals surface area contributed by atoms with Gasteiger partial charge in [0.1, 0.15) is 29.8 Å². The van der Waals surface area contributed by atoms with Crippen LogP contribution < -0.4 is 10.1 Å². The summed E-state index contributed by atoms with van der Waals surface area (Å²) in [5, 5.41) is 18.9. The van der Waals surface area contributed by atoms with E-state index in [1.54, 1.807) is 48.5 Å². The van der Waals surface area contributed by atoms with Gasteiger partial charge in [0, 0.05) is 5.56 Å². The summed E-state index contributed by atoms with van der Waals surface area (Å²) in [6, 6.07) is 14.6. The minimum absolute atomic E-state index is 0.0277. The maximum atomic E-state index is 13.7. The Labute approximate surface area is 187 Å². The first-order valence-electron chi connectivity index (χ1n) is 9.28. The molecule has 8 nitrogen and oxygen atoms in total. The monoisotopic (exact) mass is 472 g/mol. The third-order valence-corrected chi connectivity index (χ3v) is 7.20. The van der Waals surface area contributed by atoms with Gasteiger partial charge in [0.15, 0.2) is 0 Å². The highest BCUT2D eigenvalue weighted by Gasteiger charge is 2.19. The molecule has 0 spiro atoms. The molecule has 0 atom stereocenters. The van der Waals surface area contributed by atoms with E-state index in [-0.39, 0.29) is 33.2 Å². The Bertz CT molecular complexity index is 1300. The standard InChI is InChI=1S/C21H17FN4O4S2/c1-2-32(28,29)21-26-25-20(31-21)24-19(27)16(12-23)11-14-7-9-17(10-8-14)30-13-15-5-3-4-6-18(15)22/h3-11H,2,13H2,1H3,(H,24,25,27)/b16-11-. The molecule has 164 valence electrons. The van der Waals surface area contributed by atoms with Crippen LogP contribution in [0.1, 0.15) is 18.1 Å². The highest BCUT2D eigenvalue weighted by molar-refractivity contribution is 7.93. The molecule has 0 radical (unpaired) electrons. The van der Waals surface area contributed by atoms with Crippen LogP contribution in [0, 0.1) is 17.1 Å². The lowest BCUT2D eigenvalue weighted by atomic mass is 10.1. The molecule has 3 rings (SSSR count). The number of ether oxygens (including phenoxy) is 1. The maximum absolute atomic E-state index is 13.7. The number of nitrogens with one attached hydrogen (secondary N) is 1. The van der Waals surface area contributed by atoms with Crippen LogP contribution in [0.3, 0.4) is 0 Å². The molecule has 0 aliphatic rings. The normalized spacial score (nSPS) is 11.6. The number of aromatic nitrogens is 2. The van der Waals surface area contributed by atoms with E-state index < -0.39 is 15.7 Å². The zero-order chi connectivity index (χ0) is 23.1. The van der Waals surface area contributed by atoms with Crippen LogP contribution >= 0.6 is 11.3 Å². The number of amides is 1. The molecule has 1 heterocycles. The zero-order valence-electron chi connectivity index (χ0n) is 16.8. The predicted molar refractivity (Wildman–Crippen MR) is 117 cm³/mol. The summed E-state index contributed by atoms with van der Waals surface area (Å²) in [5.74, 6) is -0.749. The van der Waals surface area contributed by atoms with E-state index in [2.05, 4.69) is 15.5 Å². The number of nitriles is 1. The van der Waals surface area contributed by atoms with E-state index in [9.17, 15) is 22.9 Å². The SMILES string of the molecule is CCS(=O)(=O)c1nnc(NC(=O)/C(C#N)=C\c2ccc(OCc3ccccc3F)cc2)s1. The van der Waals surface area contributed by atoms with Gasteiger partial charge in [-0.3, -0.25) is 10.1 Å². The Morgan fingerprint density at radius 1 is 1.22 bits per heavy atom. The van der Waals surface area contributed by atoms with Crippen molar-refractivity contribution in [2.75, 3.05) is 11.1 Å². The van der Waals surface area contributed by atoms with Crippen molar-refractivity contribution in [1.82, 2.24) is 10.2 Å². The summed E-state index contributed by atoms with van der Waals surface area (Å²) >= 11 is 0.711. The first kappa shape index (κ1) is 23.1. The molecule has 0 bridgehead atoms. The average molecular weight is 473 g/mol. The second-order valence-electron chi connectivity index (χ2n) is 6.35. The second-order valence-corrected chi connectivity index (χ2v) is 9.78. The molecule has 3 aromatic rings. The third kappa shape index (κ3) is 5.75. The van der Waals surface area contributed by atoms with Crippen LogP contribution in [0.5, 0.6) is 5.75 Å². The van der Waals surface area contributed by atoms with Crippen molar-refractivity contribution < 1.29 is 22.3 Å². The minimum Gasteiger partial charge on any atom is -0.489 e. The van der Waals surface area contributed by atoms with Crippen LogP contribution in [0.15, 0.2) is 58.4 Å². The van der Waals surface area contributed by atoms with Gasteiger partial charge in [-0.2, -0.15) is 5.26 Å². The molecule has 0 fully saturated rings. The van der Waals surface area contributed by atoms with Gasteiger partial charge in [0.25, 0.3) is 5.91 Å². The summed E-state index contributed by atoms with van der Waals surface area (Å²) in [7, 11) is -3.54. The van der Waals surface area contributed by atoms with Crippen molar-refractivity contribution in [2.45, 2.75) is 17.9 Å². The Kier molecular flexibility index (Phi) is 7.29. The maximum Gasteiger partial charge on any atom is 0.268 e. The van der Waals surface area contributed by atoms with Crippen molar-refractivity contribution in [2.24, 2.45) is 0 Å². The van der Waals surface area contributed by atoms with Crippen LogP contribution in [0.25, 0.3) is 6.08 Å². The van der Waals surface area contributed by atoms with Gasteiger partial charge < -0.3 is 4.74 Å². The Morgan fingerprint density at radius 3 is 2.59 bits per heavy atom. The van der Waals surface area contributed by atoms with Gasteiger partial charge in [-0.25, -0.2) is 12.8 Å². The van der Waals surface area contributed by atoms with Crippen molar-refractivity contribution in [1.29, 1.82) is 5.26 Å². The summed E-state index contributed by atoms with van der Waals surface area (Å²) in [4.78, 5) is 12.4. The molecule has 11 heteroatoms. The molecular weight excluding hydrogens is 455 g/mol. The van der Waals surface area contributed by atoms with E-state index in [4.69, 9.17) is 4.74 Å². The lowest BCUT2D eigenvalue weighted by Gasteiger charge is -2.07. The number of nitrogens with zero attached hydrogens (tertiary/aromatic N) is 3. The molecule has 0 saturated heterocycles. The highest BCUT2D eigenvalue weighted by atomic mass is 32.2. The Hall–Kier alpha value is -3.62. The zero-order valence-corrected chi connectivity index (χ0v) is 18.4. The molecule has 0 aliphatic carbocycles. The van der Waals surface area contributed by atoms with Gasteiger partial charge in [0.2, 0.25) is 19.3 Å². The van der Waals surface area contributed by atoms with Gasteiger partial charge in [0.05, 0.1) is 5.75 Å². The van der Waals surface area contributed by atoms with Crippen LogP contribution in [0.4, 0.5) is 9.52 Å². The molecule has 1 N–H and O–H groups in total. The van der Waals surface area contributed by atoms with Crippen molar-refractivity contribution in [3.8, 4) is 11.8 Å². The fourth-order valence-electron chi connectivity index (χ4n) is 2.43. The number of hydrogen-bond acceptors (Lipinski definition) is 8. The number of carbonyl (C=O) groups is 1. The second kappa shape index (κ2) is 10.1. The third-order valence-electron chi connectivity index (χ3n) is 4.18. The van der Waals surface area contributed by atoms with Crippen molar-refractivity contribution in [3.63, 3.8) is 0 Å². The highest BCUT2D eigenvalue weighted by Crippen LogP contribution is 2.22.